The minimum Gasteiger partial charge on any atom is -0.382 e. The molecule has 0 fully saturated rings. The predicted molar refractivity (Wildman–Crippen MR) is 70.2 cm³/mol. The zero-order valence-electron chi connectivity index (χ0n) is 11.3. The van der Waals surface area contributed by atoms with E-state index in [1.54, 1.807) is 21.1 Å². The molecule has 0 aliphatic rings. The molecule has 1 aromatic rings. The summed E-state index contributed by atoms with van der Waals surface area (Å²) in [7, 11) is -0.456. The van der Waals surface area contributed by atoms with Crippen LogP contribution in [0.3, 0.4) is 0 Å². The first-order valence-corrected chi connectivity index (χ1v) is 7.24. The summed E-state index contributed by atoms with van der Waals surface area (Å²) in [5.41, 5.74) is 6.09. The van der Waals surface area contributed by atoms with Crippen LogP contribution < -0.4 is 10.5 Å². The Kier molecular flexibility index (Phi) is 5.73. The number of sulfonamides is 1. The second kappa shape index (κ2) is 6.85. The second-order valence-corrected chi connectivity index (χ2v) is 5.63. The van der Waals surface area contributed by atoms with Gasteiger partial charge in [0, 0.05) is 20.7 Å². The van der Waals surface area contributed by atoms with Crippen LogP contribution in [-0.2, 0) is 26.5 Å². The van der Waals surface area contributed by atoms with E-state index in [1.807, 2.05) is 0 Å². The lowest BCUT2D eigenvalue weighted by Crippen LogP contribution is -2.28. The molecule has 0 saturated heterocycles. The maximum atomic E-state index is 12.1. The molecule has 8 nitrogen and oxygen atoms in total. The van der Waals surface area contributed by atoms with Gasteiger partial charge in [-0.2, -0.15) is 5.10 Å². The quantitative estimate of drug-likeness (QED) is 0.610. The van der Waals surface area contributed by atoms with Crippen molar-refractivity contribution < 1.29 is 17.9 Å². The monoisotopic (exact) mass is 292 g/mol. The first kappa shape index (κ1) is 15.9. The molecule has 0 aromatic carbocycles. The van der Waals surface area contributed by atoms with Crippen molar-refractivity contribution in [2.75, 3.05) is 39.2 Å². The summed E-state index contributed by atoms with van der Waals surface area (Å²) < 4.78 is 37.9. The Bertz CT molecular complexity index is 512. The van der Waals surface area contributed by atoms with Gasteiger partial charge in [0.05, 0.1) is 25.5 Å². The topological polar surface area (TPSA) is 108 Å². The zero-order chi connectivity index (χ0) is 14.5. The van der Waals surface area contributed by atoms with E-state index in [9.17, 15) is 8.42 Å². The van der Waals surface area contributed by atoms with Gasteiger partial charge in [0.15, 0.2) is 5.82 Å². The van der Waals surface area contributed by atoms with Crippen LogP contribution in [0.1, 0.15) is 5.69 Å². The lowest BCUT2D eigenvalue weighted by molar-refractivity contribution is 0.0736. The van der Waals surface area contributed by atoms with Crippen molar-refractivity contribution >= 4 is 15.8 Å². The fraction of sp³-hybridized carbons (Fsp3) is 0.700. The van der Waals surface area contributed by atoms with Gasteiger partial charge in [0.2, 0.25) is 10.0 Å². The maximum absolute atomic E-state index is 12.1. The van der Waals surface area contributed by atoms with Crippen LogP contribution in [0.5, 0.6) is 0 Å². The molecule has 1 aromatic heterocycles. The summed E-state index contributed by atoms with van der Waals surface area (Å²) in [6, 6.07) is 0. The average molecular weight is 292 g/mol. The van der Waals surface area contributed by atoms with Crippen LogP contribution in [-0.4, -0.2) is 51.7 Å². The Balaban J connectivity index is 2.57. The van der Waals surface area contributed by atoms with Crippen molar-refractivity contribution in [2.24, 2.45) is 7.05 Å². The van der Waals surface area contributed by atoms with Crippen molar-refractivity contribution in [3.05, 3.63) is 5.69 Å². The Labute approximate surface area is 112 Å². The molecule has 0 spiro atoms. The SMILES string of the molecule is COCCOCCNS(=O)(=O)c1c(N)nn(C)c1C. The summed E-state index contributed by atoms with van der Waals surface area (Å²) in [6.45, 7) is 2.97. The van der Waals surface area contributed by atoms with E-state index in [2.05, 4.69) is 9.82 Å². The van der Waals surface area contributed by atoms with Crippen LogP contribution in [0.25, 0.3) is 0 Å². The van der Waals surface area contributed by atoms with E-state index in [0.29, 0.717) is 18.9 Å². The smallest absolute Gasteiger partial charge is 0.246 e. The van der Waals surface area contributed by atoms with E-state index >= 15 is 0 Å². The Morgan fingerprint density at radius 3 is 2.58 bits per heavy atom. The molecule has 9 heteroatoms. The molecule has 3 N–H and O–H groups in total. The average Bonchev–Trinajstić information content (AvgIpc) is 2.58. The number of ether oxygens (including phenoxy) is 2. The van der Waals surface area contributed by atoms with Crippen molar-refractivity contribution in [1.82, 2.24) is 14.5 Å². The second-order valence-electron chi connectivity index (χ2n) is 3.93. The minimum atomic E-state index is -3.66. The third kappa shape index (κ3) is 4.16. The molecule has 1 rings (SSSR count). The summed E-state index contributed by atoms with van der Waals surface area (Å²) in [5, 5.41) is 3.87. The third-order valence-electron chi connectivity index (χ3n) is 2.54. The standard InChI is InChI=1S/C10H20N4O4S/c1-8-9(10(11)13-14(8)2)19(15,16)12-4-5-18-7-6-17-3/h12H,4-7H2,1-3H3,(H2,11,13). The van der Waals surface area contributed by atoms with Gasteiger partial charge in [-0.3, -0.25) is 4.68 Å². The van der Waals surface area contributed by atoms with Gasteiger partial charge in [-0.05, 0) is 6.92 Å². The van der Waals surface area contributed by atoms with Gasteiger partial charge in [-0.25, -0.2) is 13.1 Å². The number of methoxy groups -OCH3 is 1. The number of aryl methyl sites for hydroxylation is 1. The van der Waals surface area contributed by atoms with Gasteiger partial charge in [-0.1, -0.05) is 0 Å². The highest BCUT2D eigenvalue weighted by Crippen LogP contribution is 2.20. The van der Waals surface area contributed by atoms with Gasteiger partial charge in [-0.15, -0.1) is 0 Å². The molecular weight excluding hydrogens is 272 g/mol. The highest BCUT2D eigenvalue weighted by molar-refractivity contribution is 7.89. The van der Waals surface area contributed by atoms with Crippen molar-refractivity contribution in [3.63, 3.8) is 0 Å². The molecule has 0 saturated carbocycles. The summed E-state index contributed by atoms with van der Waals surface area (Å²) in [6.07, 6.45) is 0. The van der Waals surface area contributed by atoms with Crippen LogP contribution >= 0.6 is 0 Å². The van der Waals surface area contributed by atoms with Crippen LogP contribution in [0.2, 0.25) is 0 Å². The molecular formula is C10H20N4O4S. The first-order chi connectivity index (χ1) is 8.90. The van der Waals surface area contributed by atoms with E-state index < -0.39 is 10.0 Å². The normalized spacial score (nSPS) is 11.9. The van der Waals surface area contributed by atoms with E-state index in [4.69, 9.17) is 15.2 Å². The number of anilines is 1. The van der Waals surface area contributed by atoms with Gasteiger partial charge < -0.3 is 15.2 Å². The van der Waals surface area contributed by atoms with Gasteiger partial charge >= 0.3 is 0 Å². The van der Waals surface area contributed by atoms with Gasteiger partial charge in [0.1, 0.15) is 4.90 Å². The number of hydrogen-bond acceptors (Lipinski definition) is 6. The number of hydrogen-bond donors (Lipinski definition) is 2. The fourth-order valence-corrected chi connectivity index (χ4v) is 2.84. The van der Waals surface area contributed by atoms with Crippen molar-refractivity contribution in [3.8, 4) is 0 Å². The Morgan fingerprint density at radius 1 is 1.37 bits per heavy atom. The molecule has 0 unspecified atom stereocenters. The number of nitrogens with zero attached hydrogens (tertiary/aromatic N) is 2. The molecule has 0 aliphatic carbocycles. The van der Waals surface area contributed by atoms with Crippen molar-refractivity contribution in [2.45, 2.75) is 11.8 Å². The first-order valence-electron chi connectivity index (χ1n) is 5.75. The Morgan fingerprint density at radius 2 is 2.05 bits per heavy atom. The molecule has 0 radical (unpaired) electrons. The molecule has 0 bridgehead atoms. The molecule has 1 heterocycles. The fourth-order valence-electron chi connectivity index (χ4n) is 1.51. The molecule has 0 amide bonds. The zero-order valence-corrected chi connectivity index (χ0v) is 12.2. The van der Waals surface area contributed by atoms with Crippen LogP contribution in [0.4, 0.5) is 5.82 Å². The van der Waals surface area contributed by atoms with Gasteiger partial charge in [0.25, 0.3) is 0 Å². The van der Waals surface area contributed by atoms with Crippen LogP contribution in [0, 0.1) is 6.92 Å². The molecule has 110 valence electrons. The van der Waals surface area contributed by atoms with E-state index in [0.717, 1.165) is 0 Å². The van der Waals surface area contributed by atoms with Crippen molar-refractivity contribution in [1.29, 1.82) is 0 Å². The number of nitrogens with one attached hydrogen (secondary N) is 1. The Hall–Kier alpha value is -1.16. The maximum Gasteiger partial charge on any atom is 0.246 e. The predicted octanol–water partition coefficient (Wildman–Crippen LogP) is -0.748. The van der Waals surface area contributed by atoms with E-state index in [-0.39, 0.29) is 23.9 Å². The number of nitrogens with two attached hydrogens (primary N) is 1. The lowest BCUT2D eigenvalue weighted by Gasteiger charge is -2.07. The molecule has 0 aliphatic heterocycles. The summed E-state index contributed by atoms with van der Waals surface area (Å²) in [4.78, 5) is 0.0203. The minimum absolute atomic E-state index is 0.00667. The van der Waals surface area contributed by atoms with E-state index in [1.165, 1.54) is 4.68 Å². The summed E-state index contributed by atoms with van der Waals surface area (Å²) >= 11 is 0. The molecule has 0 atom stereocenters. The largest absolute Gasteiger partial charge is 0.382 e. The third-order valence-corrected chi connectivity index (χ3v) is 4.17. The van der Waals surface area contributed by atoms with Crippen LogP contribution in [0.15, 0.2) is 4.90 Å². The number of rotatable bonds is 8. The lowest BCUT2D eigenvalue weighted by atomic mass is 10.5. The summed E-state index contributed by atoms with van der Waals surface area (Å²) in [5.74, 6) is -0.00667. The number of nitrogen functional groups attached to an aromatic ring is 1. The molecule has 19 heavy (non-hydrogen) atoms. The number of aromatic nitrogens is 2. The highest BCUT2D eigenvalue weighted by Gasteiger charge is 2.23. The highest BCUT2D eigenvalue weighted by atomic mass is 32.2.